The third-order valence-electron chi connectivity index (χ3n) is 5.38. The lowest BCUT2D eigenvalue weighted by Gasteiger charge is -2.35. The summed E-state index contributed by atoms with van der Waals surface area (Å²) in [6.45, 7) is 6.30. The van der Waals surface area contributed by atoms with Crippen LogP contribution in [0.1, 0.15) is 25.8 Å². The summed E-state index contributed by atoms with van der Waals surface area (Å²) >= 11 is 6.12. The van der Waals surface area contributed by atoms with Crippen LogP contribution in [0.25, 0.3) is 5.65 Å². The topological polar surface area (TPSA) is 84.5 Å². The van der Waals surface area contributed by atoms with Crippen molar-refractivity contribution in [3.05, 3.63) is 57.7 Å². The quantitative estimate of drug-likeness (QED) is 0.674. The fourth-order valence-electron chi connectivity index (χ4n) is 4.12. The van der Waals surface area contributed by atoms with Gasteiger partial charge in [0.1, 0.15) is 6.54 Å². The van der Waals surface area contributed by atoms with E-state index in [1.54, 1.807) is 18.5 Å². The number of rotatable bonds is 5. The molecule has 0 radical (unpaired) electrons. The van der Waals surface area contributed by atoms with Crippen molar-refractivity contribution < 1.29 is 4.79 Å². The molecule has 0 unspecified atom stereocenters. The molecule has 1 aliphatic rings. The first kappa shape index (κ1) is 20.4. The molecule has 1 aliphatic heterocycles. The number of benzene rings is 1. The molecule has 2 atom stereocenters. The highest BCUT2D eigenvalue weighted by Gasteiger charge is 2.25. The highest BCUT2D eigenvalue weighted by Crippen LogP contribution is 2.26. The third-order valence-corrected chi connectivity index (χ3v) is 5.75. The number of carbonyl (C=O) groups excluding carboxylic acids is 1. The van der Waals surface area contributed by atoms with Crippen LogP contribution in [0.5, 0.6) is 0 Å². The summed E-state index contributed by atoms with van der Waals surface area (Å²) in [5, 5.41) is 7.80. The van der Waals surface area contributed by atoms with Crippen LogP contribution in [-0.2, 0) is 17.9 Å². The standard InChI is InChI=1S/C21H25ClN6O2/c1-14-9-15(2)12-26(11-14)19-20-25-28(21(30)27(20)8-7-23-19)13-18(29)24-10-16-5-3-4-6-17(16)22/h3-8,14-15H,9-13H2,1-2H3,(H,24,29)/t14-,15-/m0/s1. The average Bonchev–Trinajstić information content (AvgIpc) is 3.02. The number of amides is 1. The molecule has 3 heterocycles. The van der Waals surface area contributed by atoms with Crippen molar-refractivity contribution in [2.24, 2.45) is 11.8 Å². The zero-order chi connectivity index (χ0) is 21.3. The predicted molar refractivity (Wildman–Crippen MR) is 116 cm³/mol. The molecular weight excluding hydrogens is 404 g/mol. The maximum atomic E-state index is 12.8. The number of nitrogens with zero attached hydrogens (tertiary/aromatic N) is 5. The SMILES string of the molecule is C[C@H]1C[C@H](C)CN(c2nccn3c(=O)n(CC(=O)NCc4ccccc4Cl)nc23)C1. The van der Waals surface area contributed by atoms with E-state index >= 15 is 0 Å². The van der Waals surface area contributed by atoms with Gasteiger partial charge in [-0.05, 0) is 29.9 Å². The Morgan fingerprint density at radius 3 is 2.70 bits per heavy atom. The maximum absolute atomic E-state index is 12.8. The molecule has 0 aliphatic carbocycles. The number of carbonyl (C=O) groups is 1. The van der Waals surface area contributed by atoms with Crippen LogP contribution < -0.4 is 15.9 Å². The van der Waals surface area contributed by atoms with Gasteiger partial charge in [0.15, 0.2) is 5.82 Å². The third kappa shape index (κ3) is 4.18. The molecule has 8 nitrogen and oxygen atoms in total. The lowest BCUT2D eigenvalue weighted by atomic mass is 9.92. The fraction of sp³-hybridized carbons (Fsp3) is 0.429. The molecule has 1 amide bonds. The number of piperidine rings is 1. The first-order valence-electron chi connectivity index (χ1n) is 10.1. The van der Waals surface area contributed by atoms with Crippen molar-refractivity contribution >= 4 is 29.0 Å². The molecule has 158 valence electrons. The van der Waals surface area contributed by atoms with Crippen LogP contribution in [0.4, 0.5) is 5.82 Å². The zero-order valence-corrected chi connectivity index (χ0v) is 17.8. The Kier molecular flexibility index (Phi) is 5.76. The summed E-state index contributed by atoms with van der Waals surface area (Å²) in [5.74, 6) is 1.46. The van der Waals surface area contributed by atoms with Crippen LogP contribution >= 0.6 is 11.6 Å². The Hall–Kier alpha value is -2.87. The zero-order valence-electron chi connectivity index (χ0n) is 17.1. The average molecular weight is 429 g/mol. The van der Waals surface area contributed by atoms with E-state index < -0.39 is 0 Å². The molecule has 0 saturated carbocycles. The largest absolute Gasteiger partial charge is 0.353 e. The van der Waals surface area contributed by atoms with E-state index in [1.807, 2.05) is 18.2 Å². The number of aromatic nitrogens is 4. The number of hydrogen-bond acceptors (Lipinski definition) is 5. The summed E-state index contributed by atoms with van der Waals surface area (Å²) in [7, 11) is 0. The molecule has 1 saturated heterocycles. The molecule has 9 heteroatoms. The van der Waals surface area contributed by atoms with Gasteiger partial charge in [-0.3, -0.25) is 4.79 Å². The smallest absolute Gasteiger partial charge is 0.350 e. The van der Waals surface area contributed by atoms with Gasteiger partial charge in [0, 0.05) is 37.1 Å². The van der Waals surface area contributed by atoms with Crippen LogP contribution in [0, 0.1) is 11.8 Å². The van der Waals surface area contributed by atoms with Gasteiger partial charge in [-0.1, -0.05) is 43.6 Å². The first-order chi connectivity index (χ1) is 14.4. The lowest BCUT2D eigenvalue weighted by Crippen LogP contribution is -2.39. The molecule has 0 spiro atoms. The van der Waals surface area contributed by atoms with Crippen molar-refractivity contribution in [2.45, 2.75) is 33.4 Å². The summed E-state index contributed by atoms with van der Waals surface area (Å²) < 4.78 is 2.63. The molecule has 1 fully saturated rings. The van der Waals surface area contributed by atoms with Gasteiger partial charge in [0.05, 0.1) is 0 Å². The summed E-state index contributed by atoms with van der Waals surface area (Å²) in [6.07, 6.45) is 4.37. The minimum atomic E-state index is -0.361. The summed E-state index contributed by atoms with van der Waals surface area (Å²) in [5.41, 5.74) is 0.928. The van der Waals surface area contributed by atoms with Gasteiger partial charge < -0.3 is 10.2 Å². The van der Waals surface area contributed by atoms with Crippen molar-refractivity contribution in [3.8, 4) is 0 Å². The van der Waals surface area contributed by atoms with E-state index in [4.69, 9.17) is 11.6 Å². The Bertz CT molecular complexity index is 1110. The molecule has 30 heavy (non-hydrogen) atoms. The number of anilines is 1. The second-order valence-corrected chi connectivity index (χ2v) is 8.51. The first-order valence-corrected chi connectivity index (χ1v) is 10.5. The van der Waals surface area contributed by atoms with E-state index in [0.717, 1.165) is 18.7 Å². The van der Waals surface area contributed by atoms with Crippen LogP contribution in [0.3, 0.4) is 0 Å². The summed E-state index contributed by atoms with van der Waals surface area (Å²) in [6, 6.07) is 7.31. The highest BCUT2D eigenvalue weighted by atomic mass is 35.5. The van der Waals surface area contributed by atoms with E-state index in [2.05, 4.69) is 34.1 Å². The maximum Gasteiger partial charge on any atom is 0.350 e. The molecule has 1 N–H and O–H groups in total. The Morgan fingerprint density at radius 1 is 1.23 bits per heavy atom. The van der Waals surface area contributed by atoms with Gasteiger partial charge in [0.25, 0.3) is 0 Å². The van der Waals surface area contributed by atoms with E-state index in [0.29, 0.717) is 28.3 Å². The molecular formula is C21H25ClN6O2. The number of fused-ring (bicyclic) bond motifs is 1. The Labute approximate surface area is 179 Å². The van der Waals surface area contributed by atoms with E-state index in [9.17, 15) is 9.59 Å². The van der Waals surface area contributed by atoms with Crippen LogP contribution in [-0.4, -0.2) is 38.2 Å². The van der Waals surface area contributed by atoms with Crippen LogP contribution in [0.2, 0.25) is 5.02 Å². The van der Waals surface area contributed by atoms with Crippen molar-refractivity contribution in [1.29, 1.82) is 0 Å². The van der Waals surface area contributed by atoms with Crippen molar-refractivity contribution in [3.63, 3.8) is 0 Å². The van der Waals surface area contributed by atoms with Gasteiger partial charge in [0.2, 0.25) is 11.6 Å². The van der Waals surface area contributed by atoms with Crippen molar-refractivity contribution in [2.75, 3.05) is 18.0 Å². The molecule has 3 aromatic rings. The second kappa shape index (κ2) is 8.47. The number of nitrogens with one attached hydrogen (secondary N) is 1. The second-order valence-electron chi connectivity index (χ2n) is 8.10. The predicted octanol–water partition coefficient (Wildman–Crippen LogP) is 2.34. The minimum Gasteiger partial charge on any atom is -0.353 e. The fourth-order valence-corrected chi connectivity index (χ4v) is 4.33. The lowest BCUT2D eigenvalue weighted by molar-refractivity contribution is -0.122. The molecule has 0 bridgehead atoms. The van der Waals surface area contributed by atoms with Crippen LogP contribution in [0.15, 0.2) is 41.5 Å². The van der Waals surface area contributed by atoms with Crippen molar-refractivity contribution in [1.82, 2.24) is 24.5 Å². The number of hydrogen-bond donors (Lipinski definition) is 1. The molecule has 1 aromatic carbocycles. The Morgan fingerprint density at radius 2 is 1.97 bits per heavy atom. The van der Waals surface area contributed by atoms with E-state index in [1.165, 1.54) is 15.5 Å². The highest BCUT2D eigenvalue weighted by molar-refractivity contribution is 6.31. The minimum absolute atomic E-state index is 0.169. The Balaban J connectivity index is 1.54. The number of halogens is 1. The van der Waals surface area contributed by atoms with Gasteiger partial charge in [-0.15, -0.1) is 5.10 Å². The van der Waals surface area contributed by atoms with E-state index in [-0.39, 0.29) is 24.7 Å². The summed E-state index contributed by atoms with van der Waals surface area (Å²) in [4.78, 5) is 31.9. The monoisotopic (exact) mass is 428 g/mol. The van der Waals surface area contributed by atoms with Gasteiger partial charge in [-0.25, -0.2) is 18.9 Å². The molecule has 2 aromatic heterocycles. The van der Waals surface area contributed by atoms with Gasteiger partial charge >= 0.3 is 5.69 Å². The molecule has 4 rings (SSSR count). The normalized spacial score (nSPS) is 19.2. The van der Waals surface area contributed by atoms with Gasteiger partial charge in [-0.2, -0.15) is 0 Å².